The average molecular weight is 282 g/mol. The third-order valence-electron chi connectivity index (χ3n) is 3.46. The van der Waals surface area contributed by atoms with Crippen molar-refractivity contribution in [3.05, 3.63) is 39.9 Å². The van der Waals surface area contributed by atoms with Gasteiger partial charge in [-0.2, -0.15) is 10.4 Å². The predicted molar refractivity (Wildman–Crippen MR) is 76.8 cm³/mol. The topological polar surface area (TPSA) is 91.8 Å². The first-order chi connectivity index (χ1) is 10.0. The summed E-state index contributed by atoms with van der Waals surface area (Å²) >= 11 is 0. The van der Waals surface area contributed by atoms with Gasteiger partial charge in [-0.3, -0.25) is 14.6 Å². The van der Waals surface area contributed by atoms with Gasteiger partial charge in [0, 0.05) is 25.0 Å². The predicted octanol–water partition coefficient (Wildman–Crippen LogP) is 1.42. The van der Waals surface area contributed by atoms with Crippen molar-refractivity contribution in [2.45, 2.75) is 19.8 Å². The molecule has 3 heterocycles. The van der Waals surface area contributed by atoms with Crippen LogP contribution in [-0.4, -0.2) is 24.4 Å². The smallest absolute Gasteiger partial charge is 0.276 e. The summed E-state index contributed by atoms with van der Waals surface area (Å²) in [5, 5.41) is 16.0. The quantitative estimate of drug-likeness (QED) is 0.769. The third-order valence-corrected chi connectivity index (χ3v) is 3.46. The average Bonchev–Trinajstić information content (AvgIpc) is 3.03. The lowest BCUT2D eigenvalue weighted by Gasteiger charge is -2.11. The number of nitrogens with zero attached hydrogens (tertiary/aromatic N) is 5. The Labute approximate surface area is 120 Å². The summed E-state index contributed by atoms with van der Waals surface area (Å²) in [7, 11) is 1.80. The molecule has 0 bridgehead atoms. The minimum Gasteiger partial charge on any atom is -0.295 e. The molecule has 0 aromatic carbocycles. The van der Waals surface area contributed by atoms with Crippen molar-refractivity contribution >= 4 is 5.65 Å². The molecule has 0 aliphatic carbocycles. The molecule has 0 atom stereocenters. The number of aromatic amines is 1. The van der Waals surface area contributed by atoms with Crippen LogP contribution in [0.2, 0.25) is 0 Å². The summed E-state index contributed by atoms with van der Waals surface area (Å²) in [5.41, 5.74) is 2.42. The molecule has 0 radical (unpaired) electrons. The molecule has 0 fully saturated rings. The first-order valence-electron chi connectivity index (χ1n) is 6.57. The van der Waals surface area contributed by atoms with E-state index in [9.17, 15) is 4.79 Å². The van der Waals surface area contributed by atoms with Crippen LogP contribution in [0.5, 0.6) is 0 Å². The zero-order chi connectivity index (χ0) is 15.1. The summed E-state index contributed by atoms with van der Waals surface area (Å²) in [6.07, 6.45) is 3.14. The Morgan fingerprint density at radius 2 is 2.19 bits per heavy atom. The number of H-pyrrole nitrogens is 1. The van der Waals surface area contributed by atoms with Crippen LogP contribution < -0.4 is 5.56 Å². The molecular weight excluding hydrogens is 268 g/mol. The van der Waals surface area contributed by atoms with Gasteiger partial charge in [0.25, 0.3) is 5.56 Å². The molecule has 0 saturated heterocycles. The van der Waals surface area contributed by atoms with Gasteiger partial charge < -0.3 is 0 Å². The molecule has 1 N–H and O–H groups in total. The fourth-order valence-electron chi connectivity index (χ4n) is 2.43. The van der Waals surface area contributed by atoms with Crippen LogP contribution in [-0.2, 0) is 7.05 Å². The fourth-order valence-corrected chi connectivity index (χ4v) is 2.43. The Hall–Kier alpha value is -2.88. The molecule has 0 aliphatic rings. The van der Waals surface area contributed by atoms with Crippen molar-refractivity contribution in [1.82, 2.24) is 24.4 Å². The summed E-state index contributed by atoms with van der Waals surface area (Å²) in [6, 6.07) is 3.85. The van der Waals surface area contributed by atoms with E-state index in [-0.39, 0.29) is 11.5 Å². The lowest BCUT2D eigenvalue weighted by atomic mass is 10.0. The van der Waals surface area contributed by atoms with Crippen LogP contribution in [0.3, 0.4) is 0 Å². The third kappa shape index (κ3) is 1.84. The van der Waals surface area contributed by atoms with Gasteiger partial charge in [-0.05, 0) is 12.0 Å². The van der Waals surface area contributed by atoms with E-state index < -0.39 is 0 Å². The highest BCUT2D eigenvalue weighted by atomic mass is 16.1. The number of nitrogens with one attached hydrogen (secondary N) is 1. The molecule has 3 rings (SSSR count). The zero-order valence-electron chi connectivity index (χ0n) is 12.0. The molecule has 0 amide bonds. The summed E-state index contributed by atoms with van der Waals surface area (Å²) < 4.78 is 2.98. The number of fused-ring (bicyclic) bond motifs is 1. The molecule has 21 heavy (non-hydrogen) atoms. The van der Waals surface area contributed by atoms with Gasteiger partial charge in [-0.25, -0.2) is 9.50 Å². The van der Waals surface area contributed by atoms with Gasteiger partial charge in [0.1, 0.15) is 11.6 Å². The molecule has 0 aliphatic heterocycles. The highest BCUT2D eigenvalue weighted by Gasteiger charge is 2.21. The SMILES string of the molecule is CC(C)c1c(-c2ccnn2C)nc2c(C#N)c[nH]n2c1=O. The van der Waals surface area contributed by atoms with Crippen molar-refractivity contribution in [2.24, 2.45) is 7.05 Å². The van der Waals surface area contributed by atoms with E-state index in [0.29, 0.717) is 22.5 Å². The van der Waals surface area contributed by atoms with Crippen LogP contribution >= 0.6 is 0 Å². The van der Waals surface area contributed by atoms with Crippen LogP contribution in [0.25, 0.3) is 17.0 Å². The maximum atomic E-state index is 12.7. The van der Waals surface area contributed by atoms with Gasteiger partial charge in [0.05, 0.1) is 11.4 Å². The molecule has 3 aromatic heterocycles. The normalized spacial score (nSPS) is 11.2. The molecule has 7 nitrogen and oxygen atoms in total. The molecule has 106 valence electrons. The van der Waals surface area contributed by atoms with Gasteiger partial charge in [0.15, 0.2) is 5.65 Å². The highest BCUT2D eigenvalue weighted by Crippen LogP contribution is 2.25. The first-order valence-corrected chi connectivity index (χ1v) is 6.57. The van der Waals surface area contributed by atoms with Crippen molar-refractivity contribution < 1.29 is 0 Å². The molecule has 0 spiro atoms. The number of aryl methyl sites for hydroxylation is 1. The number of nitriles is 1. The second-order valence-corrected chi connectivity index (χ2v) is 5.13. The second kappa shape index (κ2) is 4.59. The van der Waals surface area contributed by atoms with Crippen LogP contribution in [0.15, 0.2) is 23.3 Å². The minimum absolute atomic E-state index is 0.000589. The monoisotopic (exact) mass is 282 g/mol. The lowest BCUT2D eigenvalue weighted by Crippen LogP contribution is -2.23. The van der Waals surface area contributed by atoms with Crippen LogP contribution in [0.1, 0.15) is 30.9 Å². The van der Waals surface area contributed by atoms with E-state index in [1.807, 2.05) is 26.0 Å². The van der Waals surface area contributed by atoms with E-state index in [2.05, 4.69) is 15.2 Å². The Bertz CT molecular complexity index is 921. The lowest BCUT2D eigenvalue weighted by molar-refractivity contribution is 0.758. The van der Waals surface area contributed by atoms with Crippen molar-refractivity contribution in [1.29, 1.82) is 5.26 Å². The molecule has 0 unspecified atom stereocenters. The van der Waals surface area contributed by atoms with Crippen LogP contribution in [0, 0.1) is 11.3 Å². The fraction of sp³-hybridized carbons (Fsp3) is 0.286. The number of hydrogen-bond donors (Lipinski definition) is 1. The largest absolute Gasteiger partial charge is 0.295 e. The van der Waals surface area contributed by atoms with E-state index in [4.69, 9.17) is 5.26 Å². The van der Waals surface area contributed by atoms with E-state index in [1.165, 1.54) is 10.7 Å². The van der Waals surface area contributed by atoms with Gasteiger partial charge in [-0.15, -0.1) is 0 Å². The van der Waals surface area contributed by atoms with E-state index >= 15 is 0 Å². The Morgan fingerprint density at radius 1 is 1.43 bits per heavy atom. The summed E-state index contributed by atoms with van der Waals surface area (Å²) in [6.45, 7) is 3.89. The Kier molecular flexibility index (Phi) is 2.87. The van der Waals surface area contributed by atoms with Crippen LogP contribution in [0.4, 0.5) is 0 Å². The standard InChI is InChI=1S/C14H14N6O/c1-8(2)11-12(10-4-5-16-19(10)3)18-13-9(6-15)7-17-20(13)14(11)21/h4-5,7-8,17H,1-3H3. The number of rotatable bonds is 2. The summed E-state index contributed by atoms with van der Waals surface area (Å²) in [5.74, 6) is 0.000589. The second-order valence-electron chi connectivity index (χ2n) is 5.13. The molecule has 3 aromatic rings. The number of hydrogen-bond acceptors (Lipinski definition) is 4. The van der Waals surface area contributed by atoms with E-state index in [0.717, 1.165) is 5.69 Å². The minimum atomic E-state index is -0.187. The van der Waals surface area contributed by atoms with Crippen molar-refractivity contribution in [2.75, 3.05) is 0 Å². The van der Waals surface area contributed by atoms with Gasteiger partial charge >= 0.3 is 0 Å². The highest BCUT2D eigenvalue weighted by molar-refractivity contribution is 5.65. The summed E-state index contributed by atoms with van der Waals surface area (Å²) in [4.78, 5) is 17.2. The molecular formula is C14H14N6O. The first kappa shape index (κ1) is 13.1. The number of aromatic nitrogens is 5. The van der Waals surface area contributed by atoms with Gasteiger partial charge in [0.2, 0.25) is 0 Å². The Balaban J connectivity index is 2.47. The molecule has 0 saturated carbocycles. The van der Waals surface area contributed by atoms with E-state index in [1.54, 1.807) is 17.9 Å². The maximum absolute atomic E-state index is 12.7. The zero-order valence-corrected chi connectivity index (χ0v) is 12.0. The van der Waals surface area contributed by atoms with Crippen molar-refractivity contribution in [3.8, 4) is 17.5 Å². The van der Waals surface area contributed by atoms with Crippen molar-refractivity contribution in [3.63, 3.8) is 0 Å². The Morgan fingerprint density at radius 3 is 2.76 bits per heavy atom. The maximum Gasteiger partial charge on any atom is 0.276 e. The molecule has 7 heteroatoms. The van der Waals surface area contributed by atoms with Gasteiger partial charge in [-0.1, -0.05) is 13.8 Å².